The molecule has 9 heavy (non-hydrogen) atoms. The Balaban J connectivity index is 2.85. The molecule has 0 atom stereocenters. The first-order chi connectivity index (χ1) is 4.30. The van der Waals surface area contributed by atoms with Crippen molar-refractivity contribution in [1.82, 2.24) is 0 Å². The fraction of sp³-hybridized carbons (Fsp3) is 0. The molecule has 0 radical (unpaired) electrons. The predicted molar refractivity (Wildman–Crippen MR) is 43.6 cm³/mol. The van der Waals surface area contributed by atoms with Crippen molar-refractivity contribution in [2.24, 2.45) is 0 Å². The van der Waals surface area contributed by atoms with Crippen LogP contribution in [0.25, 0.3) is 0 Å². The molecule has 2 N–H and O–H groups in total. The summed E-state index contributed by atoms with van der Waals surface area (Å²) >= 11 is -2.68. The zero-order chi connectivity index (χ0) is 6.69. The van der Waals surface area contributed by atoms with Gasteiger partial charge in [0.25, 0.3) is 0 Å². The van der Waals surface area contributed by atoms with Gasteiger partial charge in [-0.15, -0.1) is 0 Å². The van der Waals surface area contributed by atoms with Crippen molar-refractivity contribution in [3.8, 4) is 0 Å². The van der Waals surface area contributed by atoms with E-state index in [0.29, 0.717) is 3.57 Å². The first-order valence-electron chi connectivity index (χ1n) is 2.44. The van der Waals surface area contributed by atoms with Gasteiger partial charge in [0.1, 0.15) is 0 Å². The van der Waals surface area contributed by atoms with Gasteiger partial charge in [0.2, 0.25) is 0 Å². The van der Waals surface area contributed by atoms with Gasteiger partial charge in [0.15, 0.2) is 0 Å². The summed E-state index contributed by atoms with van der Waals surface area (Å²) < 4.78 is 18.2. The van der Waals surface area contributed by atoms with Crippen LogP contribution in [0.2, 0.25) is 0 Å². The molecule has 0 bridgehead atoms. The van der Waals surface area contributed by atoms with Crippen molar-refractivity contribution in [3.63, 3.8) is 0 Å². The van der Waals surface area contributed by atoms with Crippen LogP contribution in [0, 0.1) is 3.57 Å². The van der Waals surface area contributed by atoms with Crippen LogP contribution in [-0.4, -0.2) is 6.87 Å². The molecule has 3 heteroatoms. The summed E-state index contributed by atoms with van der Waals surface area (Å²) in [4.78, 5) is 0. The van der Waals surface area contributed by atoms with Gasteiger partial charge in [-0.2, -0.15) is 0 Å². The van der Waals surface area contributed by atoms with E-state index < -0.39 is 20.6 Å². The summed E-state index contributed by atoms with van der Waals surface area (Å²) in [6, 6.07) is 8.90. The molecule has 0 saturated heterocycles. The number of benzene rings is 1. The monoisotopic (exact) mass is 238 g/mol. The van der Waals surface area contributed by atoms with Gasteiger partial charge in [0.05, 0.1) is 0 Å². The maximum absolute atomic E-state index is 8.74. The zero-order valence-electron chi connectivity index (χ0n) is 4.66. The van der Waals surface area contributed by atoms with E-state index in [1.54, 1.807) is 24.3 Å². The Hall–Kier alpha value is -0.130. The Kier molecular flexibility index (Phi) is 2.44. The first-order valence-corrected chi connectivity index (χ1v) is 5.45. The van der Waals surface area contributed by atoms with Crippen LogP contribution >= 0.6 is 20.6 Å². The van der Waals surface area contributed by atoms with Crippen molar-refractivity contribution in [1.29, 1.82) is 0 Å². The average molecular weight is 238 g/mol. The molecule has 0 aromatic heterocycles. The van der Waals surface area contributed by atoms with Crippen LogP contribution in [0.1, 0.15) is 0 Å². The molecular formula is C6H7IO2. The molecule has 50 valence electrons. The minimum atomic E-state index is -2.68. The number of hydrogen-bond donors (Lipinski definition) is 2. The van der Waals surface area contributed by atoms with Crippen LogP contribution in [0.3, 0.4) is 0 Å². The van der Waals surface area contributed by atoms with Gasteiger partial charge in [-0.1, -0.05) is 0 Å². The molecule has 0 spiro atoms. The van der Waals surface area contributed by atoms with Crippen molar-refractivity contribution in [2.45, 2.75) is 0 Å². The number of halogens is 1. The predicted octanol–water partition coefficient (Wildman–Crippen LogP) is 1.18. The molecule has 0 aliphatic heterocycles. The Morgan fingerprint density at radius 2 is 1.56 bits per heavy atom. The van der Waals surface area contributed by atoms with Gasteiger partial charge < -0.3 is 0 Å². The van der Waals surface area contributed by atoms with E-state index >= 15 is 0 Å². The van der Waals surface area contributed by atoms with E-state index in [-0.39, 0.29) is 0 Å². The molecule has 0 aliphatic rings. The Bertz CT molecular complexity index is 174. The van der Waals surface area contributed by atoms with E-state index in [9.17, 15) is 0 Å². The van der Waals surface area contributed by atoms with Crippen molar-refractivity contribution in [3.05, 3.63) is 33.9 Å². The third-order valence-electron chi connectivity index (χ3n) is 0.928. The fourth-order valence-electron chi connectivity index (χ4n) is 0.527. The molecule has 0 heterocycles. The Morgan fingerprint density at radius 3 is 1.89 bits per heavy atom. The number of hydrogen-bond acceptors (Lipinski definition) is 2. The van der Waals surface area contributed by atoms with Crippen LogP contribution in [0.5, 0.6) is 0 Å². The third kappa shape index (κ3) is 1.92. The first kappa shape index (κ1) is 6.98. The SMILES string of the molecule is OI(O)c1ccccc1. The molecule has 0 unspecified atom stereocenters. The average Bonchev–Trinajstić information content (AvgIpc) is 1.90. The Labute approximate surface area is 61.6 Å². The van der Waals surface area contributed by atoms with Gasteiger partial charge in [-0.3, -0.25) is 0 Å². The van der Waals surface area contributed by atoms with Gasteiger partial charge in [0, 0.05) is 0 Å². The third-order valence-corrected chi connectivity index (χ3v) is 2.76. The Morgan fingerprint density at radius 1 is 1.00 bits per heavy atom. The minimum absolute atomic E-state index is 0.682. The second-order valence-corrected chi connectivity index (χ2v) is 4.18. The summed E-state index contributed by atoms with van der Waals surface area (Å²) in [6.07, 6.45) is 0. The van der Waals surface area contributed by atoms with Crippen molar-refractivity contribution in [2.75, 3.05) is 0 Å². The van der Waals surface area contributed by atoms with E-state index in [2.05, 4.69) is 0 Å². The van der Waals surface area contributed by atoms with E-state index in [0.717, 1.165) is 0 Å². The number of rotatable bonds is 1. The van der Waals surface area contributed by atoms with Crippen LogP contribution < -0.4 is 0 Å². The van der Waals surface area contributed by atoms with Crippen LogP contribution in [-0.2, 0) is 0 Å². The van der Waals surface area contributed by atoms with Gasteiger partial charge in [-0.25, -0.2) is 0 Å². The molecule has 0 amide bonds. The van der Waals surface area contributed by atoms with E-state index in [1.807, 2.05) is 6.07 Å². The summed E-state index contributed by atoms with van der Waals surface area (Å²) in [5.41, 5.74) is 0. The van der Waals surface area contributed by atoms with E-state index in [1.165, 1.54) is 0 Å². The quantitative estimate of drug-likeness (QED) is 0.721. The molecule has 1 rings (SSSR count). The summed E-state index contributed by atoms with van der Waals surface area (Å²) in [7, 11) is 0. The van der Waals surface area contributed by atoms with Gasteiger partial charge >= 0.3 is 61.4 Å². The van der Waals surface area contributed by atoms with E-state index in [4.69, 9.17) is 6.87 Å². The molecule has 2 nitrogen and oxygen atoms in total. The second-order valence-electron chi connectivity index (χ2n) is 1.54. The zero-order valence-corrected chi connectivity index (χ0v) is 6.82. The molecule has 0 aliphatic carbocycles. The van der Waals surface area contributed by atoms with Crippen LogP contribution in [0.15, 0.2) is 30.3 Å². The molecule has 0 saturated carbocycles. The molecular weight excluding hydrogens is 231 g/mol. The summed E-state index contributed by atoms with van der Waals surface area (Å²) in [5.74, 6) is 0. The molecule has 0 fully saturated rings. The van der Waals surface area contributed by atoms with Crippen molar-refractivity contribution < 1.29 is 6.87 Å². The standard InChI is InChI=1S/C6H7IO2/c8-7(9)6-4-2-1-3-5-6/h1-5,8-9H. The topological polar surface area (TPSA) is 40.5 Å². The summed E-state index contributed by atoms with van der Waals surface area (Å²) in [5, 5.41) is 0. The normalized spacial score (nSPS) is 11.1. The maximum atomic E-state index is 8.74. The molecule has 1 aromatic carbocycles. The second kappa shape index (κ2) is 3.14. The van der Waals surface area contributed by atoms with Crippen LogP contribution in [0.4, 0.5) is 0 Å². The summed E-state index contributed by atoms with van der Waals surface area (Å²) in [6.45, 7) is 0. The fourth-order valence-corrected chi connectivity index (χ4v) is 1.59. The van der Waals surface area contributed by atoms with Gasteiger partial charge in [-0.05, 0) is 0 Å². The van der Waals surface area contributed by atoms with Crippen molar-refractivity contribution >= 4 is 20.6 Å². The molecule has 1 aromatic rings.